The van der Waals surface area contributed by atoms with E-state index >= 15 is 0 Å². The summed E-state index contributed by atoms with van der Waals surface area (Å²) in [5.41, 5.74) is 3.66. The Labute approximate surface area is 176 Å². The van der Waals surface area contributed by atoms with Crippen molar-refractivity contribution in [1.82, 2.24) is 14.5 Å². The lowest BCUT2D eigenvalue weighted by Gasteiger charge is -2.38. The molecule has 9 nitrogen and oxygen atoms in total. The number of benzene rings is 1. The highest BCUT2D eigenvalue weighted by molar-refractivity contribution is 5.91. The number of primary amides is 1. The van der Waals surface area contributed by atoms with Gasteiger partial charge in [-0.2, -0.15) is 5.26 Å². The lowest BCUT2D eigenvalue weighted by molar-refractivity contribution is -0.149. The first kappa shape index (κ1) is 20.4. The van der Waals surface area contributed by atoms with Crippen LogP contribution >= 0.6 is 0 Å². The number of hydrogen-bond donors (Lipinski definition) is 2. The predicted molar refractivity (Wildman–Crippen MR) is 105 cm³/mol. The molecule has 2 aromatic rings. The predicted octanol–water partition coefficient (Wildman–Crippen LogP) is 0.265. The number of imidazole rings is 1. The van der Waals surface area contributed by atoms with Crippen LogP contribution in [0.4, 0.5) is 4.39 Å². The smallest absolute Gasteiger partial charge is 0.268 e. The molecule has 2 amide bonds. The van der Waals surface area contributed by atoms with Crippen molar-refractivity contribution in [1.29, 1.82) is 5.26 Å². The van der Waals surface area contributed by atoms with E-state index in [1.807, 2.05) is 6.07 Å². The third-order valence-electron chi connectivity index (χ3n) is 5.14. The van der Waals surface area contributed by atoms with Crippen LogP contribution in [0.5, 0.6) is 5.75 Å². The first-order chi connectivity index (χ1) is 14.7. The van der Waals surface area contributed by atoms with Gasteiger partial charge < -0.3 is 25.0 Å². The number of aromatic nitrogens is 2. The number of fused-ring (bicyclic) bond motifs is 3. The summed E-state index contributed by atoms with van der Waals surface area (Å²) in [6, 6.07) is 4.59. The van der Waals surface area contributed by atoms with Crippen molar-refractivity contribution < 1.29 is 23.8 Å². The summed E-state index contributed by atoms with van der Waals surface area (Å²) in [5, 5.41) is 19.3. The number of amides is 2. The number of ether oxygens (including phenoxy) is 1. The zero-order valence-electron chi connectivity index (χ0n) is 16.6. The summed E-state index contributed by atoms with van der Waals surface area (Å²) in [7, 11) is 0. The molecular weight excluding hydrogens is 405 g/mol. The summed E-state index contributed by atoms with van der Waals surface area (Å²) in [6.45, 7) is 2.29. The van der Waals surface area contributed by atoms with Crippen molar-refractivity contribution in [3.05, 3.63) is 35.4 Å². The molecule has 4 rings (SSSR count). The Morgan fingerprint density at radius 2 is 2.16 bits per heavy atom. The number of carbonyl (C=O) groups excluding carboxylic acids is 2. The summed E-state index contributed by atoms with van der Waals surface area (Å²) in [4.78, 5) is 29.4. The monoisotopic (exact) mass is 423 g/mol. The molecule has 2 aliphatic rings. The van der Waals surface area contributed by atoms with Crippen molar-refractivity contribution >= 4 is 11.8 Å². The van der Waals surface area contributed by atoms with Gasteiger partial charge in [0.15, 0.2) is 0 Å². The van der Waals surface area contributed by atoms with Gasteiger partial charge in [0.05, 0.1) is 29.7 Å². The van der Waals surface area contributed by atoms with Crippen molar-refractivity contribution in [3.8, 4) is 35.0 Å². The second kappa shape index (κ2) is 7.42. The first-order valence-corrected chi connectivity index (χ1v) is 9.48. The average molecular weight is 423 g/mol. The number of nitriles is 1. The van der Waals surface area contributed by atoms with Crippen LogP contribution in [0.15, 0.2) is 18.3 Å². The van der Waals surface area contributed by atoms with Crippen LogP contribution in [0.1, 0.15) is 23.0 Å². The molecule has 1 unspecified atom stereocenters. The topological polar surface area (TPSA) is 134 Å². The zero-order valence-corrected chi connectivity index (χ0v) is 16.6. The highest BCUT2D eigenvalue weighted by atomic mass is 19.1. The van der Waals surface area contributed by atoms with Gasteiger partial charge in [0.2, 0.25) is 5.60 Å². The molecule has 0 bridgehead atoms. The van der Waals surface area contributed by atoms with E-state index in [-0.39, 0.29) is 42.6 Å². The number of rotatable bonds is 2. The Bertz CT molecular complexity index is 1190. The molecule has 0 radical (unpaired) electrons. The molecule has 1 saturated heterocycles. The van der Waals surface area contributed by atoms with E-state index in [1.165, 1.54) is 24.1 Å². The first-order valence-electron chi connectivity index (χ1n) is 9.48. The van der Waals surface area contributed by atoms with Gasteiger partial charge in [-0.3, -0.25) is 9.59 Å². The van der Waals surface area contributed by atoms with E-state index in [0.717, 1.165) is 6.07 Å². The minimum Gasteiger partial charge on any atom is -0.491 e. The Balaban J connectivity index is 1.68. The van der Waals surface area contributed by atoms with Crippen LogP contribution in [0.3, 0.4) is 0 Å². The van der Waals surface area contributed by atoms with E-state index in [9.17, 15) is 19.1 Å². The van der Waals surface area contributed by atoms with Crippen LogP contribution in [-0.4, -0.2) is 56.7 Å². The highest BCUT2D eigenvalue weighted by Gasteiger charge is 2.39. The highest BCUT2D eigenvalue weighted by Crippen LogP contribution is 2.34. The van der Waals surface area contributed by atoms with Crippen molar-refractivity contribution in [2.45, 2.75) is 19.1 Å². The summed E-state index contributed by atoms with van der Waals surface area (Å²) in [6.07, 6.45) is 1.50. The van der Waals surface area contributed by atoms with Crippen LogP contribution in [0.2, 0.25) is 0 Å². The fourth-order valence-electron chi connectivity index (χ4n) is 3.40. The molecule has 1 fully saturated rings. The molecule has 158 valence electrons. The Morgan fingerprint density at radius 1 is 1.42 bits per heavy atom. The van der Waals surface area contributed by atoms with Crippen LogP contribution in [-0.2, 0) is 11.3 Å². The maximum absolute atomic E-state index is 14.6. The van der Waals surface area contributed by atoms with Crippen molar-refractivity contribution in [3.63, 3.8) is 0 Å². The standard InChI is InChI=1S/C21H18FN5O4/c1-21(30,20(29)27-9-12(8-23)10-27)3-2-13-6-14-17(7-15(13)22)31-5-4-26-11-16(18(24)28)25-19(14)26/h6-7,11-12,30H,4-5,9-10H2,1H3,(H2,24,28). The Morgan fingerprint density at radius 3 is 2.84 bits per heavy atom. The number of halogens is 1. The van der Waals surface area contributed by atoms with Crippen molar-refractivity contribution in [2.75, 3.05) is 19.7 Å². The molecule has 1 aromatic carbocycles. The van der Waals surface area contributed by atoms with E-state index in [2.05, 4.69) is 16.8 Å². The van der Waals surface area contributed by atoms with Crippen LogP contribution in [0, 0.1) is 34.9 Å². The summed E-state index contributed by atoms with van der Waals surface area (Å²) < 4.78 is 21.9. The molecule has 10 heteroatoms. The molecule has 1 atom stereocenters. The van der Waals surface area contributed by atoms with E-state index in [4.69, 9.17) is 15.7 Å². The number of aliphatic hydroxyl groups is 1. The van der Waals surface area contributed by atoms with Crippen molar-refractivity contribution in [2.24, 2.45) is 11.7 Å². The minimum atomic E-state index is -2.05. The maximum Gasteiger partial charge on any atom is 0.268 e. The second-order valence-corrected chi connectivity index (χ2v) is 7.54. The van der Waals surface area contributed by atoms with Gasteiger partial charge in [0, 0.05) is 25.4 Å². The number of likely N-dealkylation sites (tertiary alicyclic amines) is 1. The number of carbonyl (C=O) groups is 2. The van der Waals surface area contributed by atoms with E-state index < -0.39 is 23.2 Å². The van der Waals surface area contributed by atoms with Gasteiger partial charge in [-0.1, -0.05) is 11.8 Å². The second-order valence-electron chi connectivity index (χ2n) is 7.54. The minimum absolute atomic E-state index is 0.0681. The van der Waals surface area contributed by atoms with Gasteiger partial charge in [-0.15, -0.1) is 0 Å². The molecule has 3 N–H and O–H groups in total. The fraction of sp³-hybridized carbons (Fsp3) is 0.333. The lowest BCUT2D eigenvalue weighted by Crippen LogP contribution is -2.56. The average Bonchev–Trinajstić information content (AvgIpc) is 3.04. The molecule has 0 spiro atoms. The third-order valence-corrected chi connectivity index (χ3v) is 5.14. The molecule has 3 heterocycles. The zero-order chi connectivity index (χ0) is 22.3. The largest absolute Gasteiger partial charge is 0.491 e. The summed E-state index contributed by atoms with van der Waals surface area (Å²) >= 11 is 0. The van der Waals surface area contributed by atoms with Gasteiger partial charge in [-0.05, 0) is 13.0 Å². The van der Waals surface area contributed by atoms with E-state index in [0.29, 0.717) is 17.9 Å². The third kappa shape index (κ3) is 3.69. The van der Waals surface area contributed by atoms with Crippen LogP contribution < -0.4 is 10.5 Å². The number of nitrogens with zero attached hydrogens (tertiary/aromatic N) is 4. The molecule has 0 saturated carbocycles. The molecular formula is C21H18FN5O4. The number of hydrogen-bond acceptors (Lipinski definition) is 6. The Hall–Kier alpha value is -3.89. The van der Waals surface area contributed by atoms with Crippen LogP contribution in [0.25, 0.3) is 11.4 Å². The molecule has 1 aromatic heterocycles. The van der Waals surface area contributed by atoms with Gasteiger partial charge in [0.1, 0.15) is 29.7 Å². The molecule has 2 aliphatic heterocycles. The quantitative estimate of drug-likeness (QED) is 0.666. The lowest BCUT2D eigenvalue weighted by atomic mass is 9.97. The summed E-state index contributed by atoms with van der Waals surface area (Å²) in [5.74, 6) is 3.25. The van der Waals surface area contributed by atoms with Gasteiger partial charge in [-0.25, -0.2) is 9.37 Å². The molecule has 31 heavy (non-hydrogen) atoms. The number of nitrogens with two attached hydrogens (primary N) is 1. The molecule has 0 aliphatic carbocycles. The van der Waals surface area contributed by atoms with E-state index in [1.54, 1.807) is 4.57 Å². The van der Waals surface area contributed by atoms with Gasteiger partial charge in [0.25, 0.3) is 11.8 Å². The normalized spacial score (nSPS) is 16.8. The maximum atomic E-state index is 14.6. The fourth-order valence-corrected chi connectivity index (χ4v) is 3.40. The Kier molecular flexibility index (Phi) is 4.88. The van der Waals surface area contributed by atoms with Gasteiger partial charge >= 0.3 is 0 Å². The SMILES string of the molecule is CC(O)(C#Cc1cc2c(cc1F)OCCn1cc(C(N)=O)nc1-2)C(=O)N1CC(C#N)C1.